The van der Waals surface area contributed by atoms with Crippen molar-refractivity contribution in [1.29, 1.82) is 5.26 Å². The Balaban J connectivity index is 2.28. The van der Waals surface area contributed by atoms with Gasteiger partial charge in [-0.1, -0.05) is 6.07 Å². The highest BCUT2D eigenvalue weighted by Gasteiger charge is 2.30. The molecular formula is C17H14F3N3O. The Hall–Kier alpha value is -3.01. The van der Waals surface area contributed by atoms with E-state index in [1.165, 1.54) is 18.5 Å². The van der Waals surface area contributed by atoms with Crippen LogP contribution in [0.1, 0.15) is 16.7 Å². The van der Waals surface area contributed by atoms with E-state index in [-0.39, 0.29) is 5.75 Å². The molecule has 4 nitrogen and oxygen atoms in total. The van der Waals surface area contributed by atoms with Gasteiger partial charge < -0.3 is 4.74 Å². The Bertz CT molecular complexity index is 808. The average molecular weight is 333 g/mol. The third kappa shape index (κ3) is 4.26. The summed E-state index contributed by atoms with van der Waals surface area (Å²) in [6, 6.07) is 8.13. The van der Waals surface area contributed by atoms with E-state index in [9.17, 15) is 13.2 Å². The number of rotatable bonds is 4. The number of aliphatic imine (C=N–C) groups is 1. The molecule has 124 valence electrons. The van der Waals surface area contributed by atoms with Crippen LogP contribution >= 0.6 is 0 Å². The van der Waals surface area contributed by atoms with Crippen LogP contribution in [0.25, 0.3) is 0 Å². The van der Waals surface area contributed by atoms with Crippen LogP contribution in [0, 0.1) is 25.3 Å². The standard InChI is InChI=1S/C17H14F3N3O/c1-11-7-16(12(2)6-15(11)23-10-22-9-21)24-14-5-3-4-13(8-14)17(18,19)20/h3-8,10H,1-2H3,(H,22,23). The van der Waals surface area contributed by atoms with Gasteiger partial charge in [0.05, 0.1) is 11.3 Å². The third-order valence-corrected chi connectivity index (χ3v) is 3.22. The van der Waals surface area contributed by atoms with Gasteiger partial charge in [-0.15, -0.1) is 0 Å². The van der Waals surface area contributed by atoms with Gasteiger partial charge in [-0.2, -0.15) is 18.4 Å². The van der Waals surface area contributed by atoms with Gasteiger partial charge in [-0.05, 0) is 55.3 Å². The second-order valence-corrected chi connectivity index (χ2v) is 5.05. The van der Waals surface area contributed by atoms with Crippen LogP contribution in [0.2, 0.25) is 0 Å². The van der Waals surface area contributed by atoms with Crippen LogP contribution in [0.3, 0.4) is 0 Å². The van der Waals surface area contributed by atoms with E-state index >= 15 is 0 Å². The molecule has 0 heterocycles. The molecule has 0 bridgehead atoms. The molecule has 1 N–H and O–H groups in total. The van der Waals surface area contributed by atoms with Crippen molar-refractivity contribution in [3.05, 3.63) is 53.1 Å². The number of hydrogen-bond donors (Lipinski definition) is 1. The third-order valence-electron chi connectivity index (χ3n) is 3.22. The number of nitriles is 1. The first kappa shape index (κ1) is 17.3. The molecule has 0 aromatic heterocycles. The summed E-state index contributed by atoms with van der Waals surface area (Å²) in [6.45, 7) is 3.55. The molecule has 0 aliphatic rings. The maximum absolute atomic E-state index is 12.8. The lowest BCUT2D eigenvalue weighted by Gasteiger charge is -2.13. The lowest BCUT2D eigenvalue weighted by atomic mass is 10.1. The summed E-state index contributed by atoms with van der Waals surface area (Å²) in [5.41, 5.74) is 1.34. The molecule has 0 unspecified atom stereocenters. The number of halogens is 3. The smallest absolute Gasteiger partial charge is 0.416 e. The van der Waals surface area contributed by atoms with Gasteiger partial charge in [0.1, 0.15) is 17.8 Å². The summed E-state index contributed by atoms with van der Waals surface area (Å²) in [7, 11) is 0. The molecule has 0 aliphatic carbocycles. The normalized spacial score (nSPS) is 11.3. The minimum absolute atomic E-state index is 0.106. The fraction of sp³-hybridized carbons (Fsp3) is 0.176. The molecule has 0 spiro atoms. The first-order valence-corrected chi connectivity index (χ1v) is 6.95. The van der Waals surface area contributed by atoms with Crippen molar-refractivity contribution < 1.29 is 17.9 Å². The second kappa shape index (κ2) is 7.04. The molecule has 0 fully saturated rings. The van der Waals surface area contributed by atoms with Crippen molar-refractivity contribution in [2.24, 2.45) is 4.99 Å². The van der Waals surface area contributed by atoms with Crippen molar-refractivity contribution in [1.82, 2.24) is 5.32 Å². The Morgan fingerprint density at radius 1 is 1.17 bits per heavy atom. The highest BCUT2D eigenvalue weighted by atomic mass is 19.4. The minimum atomic E-state index is -4.42. The van der Waals surface area contributed by atoms with Crippen LogP contribution in [-0.4, -0.2) is 6.34 Å². The van der Waals surface area contributed by atoms with E-state index in [0.717, 1.165) is 17.7 Å². The molecule has 7 heteroatoms. The second-order valence-electron chi connectivity index (χ2n) is 5.05. The zero-order chi connectivity index (χ0) is 17.7. The van der Waals surface area contributed by atoms with Crippen molar-refractivity contribution in [2.45, 2.75) is 20.0 Å². The van der Waals surface area contributed by atoms with Gasteiger partial charge in [0, 0.05) is 0 Å². The van der Waals surface area contributed by atoms with Crippen molar-refractivity contribution in [2.75, 3.05) is 0 Å². The van der Waals surface area contributed by atoms with Gasteiger partial charge in [-0.25, -0.2) is 4.99 Å². The van der Waals surface area contributed by atoms with Crippen LogP contribution < -0.4 is 10.1 Å². The number of alkyl halides is 3. The molecular weight excluding hydrogens is 319 g/mol. The molecule has 0 saturated heterocycles. The zero-order valence-electron chi connectivity index (χ0n) is 13.0. The molecule has 0 amide bonds. The Morgan fingerprint density at radius 3 is 2.58 bits per heavy atom. The van der Waals surface area contributed by atoms with E-state index in [4.69, 9.17) is 10.00 Å². The number of aryl methyl sites for hydroxylation is 2. The highest BCUT2D eigenvalue weighted by molar-refractivity contribution is 5.65. The van der Waals surface area contributed by atoms with Crippen molar-refractivity contribution in [3.8, 4) is 17.7 Å². The number of nitrogens with zero attached hydrogens (tertiary/aromatic N) is 2. The Morgan fingerprint density at radius 2 is 1.92 bits per heavy atom. The van der Waals surface area contributed by atoms with Gasteiger partial charge in [0.15, 0.2) is 6.19 Å². The van der Waals surface area contributed by atoms with Crippen molar-refractivity contribution in [3.63, 3.8) is 0 Å². The monoisotopic (exact) mass is 333 g/mol. The summed E-state index contributed by atoms with van der Waals surface area (Å²) in [5, 5.41) is 10.7. The van der Waals surface area contributed by atoms with Crippen molar-refractivity contribution >= 4 is 12.0 Å². The fourth-order valence-corrected chi connectivity index (χ4v) is 2.02. The first-order chi connectivity index (χ1) is 11.3. The Kier molecular flexibility index (Phi) is 5.09. The van der Waals surface area contributed by atoms with E-state index in [1.807, 2.05) is 0 Å². The van der Waals surface area contributed by atoms with Gasteiger partial charge in [0.2, 0.25) is 0 Å². The number of nitrogens with one attached hydrogen (secondary N) is 1. The predicted octanol–water partition coefficient (Wildman–Crippen LogP) is 4.85. The summed E-state index contributed by atoms with van der Waals surface area (Å²) in [4.78, 5) is 4.09. The number of benzene rings is 2. The number of ether oxygens (including phenoxy) is 1. The molecule has 24 heavy (non-hydrogen) atoms. The molecule has 0 atom stereocenters. The Labute approximate surface area is 137 Å². The van der Waals surface area contributed by atoms with Crippen LogP contribution in [0.15, 0.2) is 41.4 Å². The van der Waals surface area contributed by atoms with E-state index in [1.54, 1.807) is 32.2 Å². The SMILES string of the molecule is Cc1cc(Oc2cccc(C(F)(F)F)c2)c(C)cc1/N=C/NC#N. The summed E-state index contributed by atoms with van der Waals surface area (Å²) in [5.74, 6) is 0.550. The van der Waals surface area contributed by atoms with E-state index in [2.05, 4.69) is 10.3 Å². The molecule has 2 rings (SSSR count). The van der Waals surface area contributed by atoms with E-state index < -0.39 is 11.7 Å². The lowest BCUT2D eigenvalue weighted by Crippen LogP contribution is -2.04. The summed E-state index contributed by atoms with van der Waals surface area (Å²) < 4.78 is 43.8. The average Bonchev–Trinajstić information content (AvgIpc) is 2.51. The zero-order valence-corrected chi connectivity index (χ0v) is 13.0. The fourth-order valence-electron chi connectivity index (χ4n) is 2.02. The van der Waals surface area contributed by atoms with Crippen LogP contribution in [-0.2, 0) is 6.18 Å². The van der Waals surface area contributed by atoms with Gasteiger partial charge >= 0.3 is 6.18 Å². The molecule has 0 saturated carbocycles. The molecule has 2 aromatic rings. The quantitative estimate of drug-likeness (QED) is 0.377. The first-order valence-electron chi connectivity index (χ1n) is 6.95. The summed E-state index contributed by atoms with van der Waals surface area (Å²) >= 11 is 0. The van der Waals surface area contributed by atoms with Crippen LogP contribution in [0.4, 0.5) is 18.9 Å². The van der Waals surface area contributed by atoms with E-state index in [0.29, 0.717) is 17.0 Å². The largest absolute Gasteiger partial charge is 0.457 e. The molecule has 2 aromatic carbocycles. The topological polar surface area (TPSA) is 57.4 Å². The molecule has 0 radical (unpaired) electrons. The van der Waals surface area contributed by atoms with Crippen LogP contribution in [0.5, 0.6) is 11.5 Å². The highest BCUT2D eigenvalue weighted by Crippen LogP contribution is 2.35. The predicted molar refractivity (Wildman–Crippen MR) is 84.3 cm³/mol. The maximum Gasteiger partial charge on any atom is 0.416 e. The minimum Gasteiger partial charge on any atom is -0.457 e. The summed E-state index contributed by atoms with van der Waals surface area (Å²) in [6.07, 6.45) is -1.44. The molecule has 0 aliphatic heterocycles. The number of hydrogen-bond acceptors (Lipinski definition) is 3. The lowest BCUT2D eigenvalue weighted by molar-refractivity contribution is -0.137. The maximum atomic E-state index is 12.8. The van der Waals surface area contributed by atoms with Gasteiger partial charge in [0.25, 0.3) is 0 Å². The van der Waals surface area contributed by atoms with Gasteiger partial charge in [-0.3, -0.25) is 5.32 Å².